The topological polar surface area (TPSA) is 56.3 Å². The lowest BCUT2D eigenvalue weighted by atomic mass is 9.92. The third-order valence-corrected chi connectivity index (χ3v) is 4.69. The number of nitrogens with zero attached hydrogens (tertiary/aromatic N) is 3. The molecule has 1 saturated heterocycles. The van der Waals surface area contributed by atoms with E-state index in [1.807, 2.05) is 25.2 Å². The summed E-state index contributed by atoms with van der Waals surface area (Å²) in [6.45, 7) is 7.79. The van der Waals surface area contributed by atoms with Gasteiger partial charge < -0.3 is 15.2 Å². The number of rotatable bonds is 4. The highest BCUT2D eigenvalue weighted by Gasteiger charge is 2.23. The first-order chi connectivity index (χ1) is 11.7. The summed E-state index contributed by atoms with van der Waals surface area (Å²) in [5.41, 5.74) is 2.17. The largest absolute Gasteiger partial charge is 0.356 e. The average molecular weight is 455 g/mol. The second-order valence-corrected chi connectivity index (χ2v) is 7.13. The van der Waals surface area contributed by atoms with E-state index in [-0.39, 0.29) is 24.0 Å². The van der Waals surface area contributed by atoms with Crippen LogP contribution >= 0.6 is 24.0 Å². The molecule has 0 spiro atoms. The summed E-state index contributed by atoms with van der Waals surface area (Å²) in [4.78, 5) is 14.9. The molecule has 3 rings (SSSR count). The molecule has 2 unspecified atom stereocenters. The molecule has 1 aromatic carbocycles. The van der Waals surface area contributed by atoms with Crippen LogP contribution in [-0.2, 0) is 6.42 Å². The van der Waals surface area contributed by atoms with Gasteiger partial charge in [-0.15, -0.1) is 24.0 Å². The standard InChI is InChI=1S/C19H29N5.HI/c1-14-11-15(2)13-24(12-14)19(20-3)21-10-6-9-18-22-16-7-4-5-8-17(16)23-18;/h4-5,7-8,14-15H,6,9-13H2,1-3H3,(H,20,21)(H,22,23);1H. The lowest BCUT2D eigenvalue weighted by Gasteiger charge is -2.37. The zero-order chi connectivity index (χ0) is 16.9. The minimum atomic E-state index is 0. The molecule has 5 nitrogen and oxygen atoms in total. The Labute approximate surface area is 167 Å². The lowest BCUT2D eigenvalue weighted by molar-refractivity contribution is 0.208. The van der Waals surface area contributed by atoms with Gasteiger partial charge in [-0.25, -0.2) is 4.98 Å². The number of piperidine rings is 1. The number of benzene rings is 1. The predicted molar refractivity (Wildman–Crippen MR) is 116 cm³/mol. The molecule has 138 valence electrons. The summed E-state index contributed by atoms with van der Waals surface area (Å²) in [6.07, 6.45) is 3.31. The van der Waals surface area contributed by atoms with Gasteiger partial charge in [-0.05, 0) is 36.8 Å². The Morgan fingerprint density at radius 1 is 1.28 bits per heavy atom. The van der Waals surface area contributed by atoms with Crippen LogP contribution in [0.1, 0.15) is 32.5 Å². The fraction of sp³-hybridized carbons (Fsp3) is 0.579. The predicted octanol–water partition coefficient (Wildman–Crippen LogP) is 3.67. The summed E-state index contributed by atoms with van der Waals surface area (Å²) < 4.78 is 0. The Balaban J connectivity index is 0.00000225. The van der Waals surface area contributed by atoms with E-state index in [4.69, 9.17) is 0 Å². The molecule has 1 aliphatic rings. The number of para-hydroxylation sites is 2. The number of nitrogens with one attached hydrogen (secondary N) is 2. The molecule has 2 N–H and O–H groups in total. The molecule has 1 aromatic heterocycles. The van der Waals surface area contributed by atoms with E-state index < -0.39 is 0 Å². The first-order valence-corrected chi connectivity index (χ1v) is 9.05. The van der Waals surface area contributed by atoms with Crippen LogP contribution in [0.25, 0.3) is 11.0 Å². The van der Waals surface area contributed by atoms with Crippen LogP contribution in [0.4, 0.5) is 0 Å². The van der Waals surface area contributed by atoms with Crippen molar-refractivity contribution in [3.8, 4) is 0 Å². The van der Waals surface area contributed by atoms with Gasteiger partial charge in [-0.1, -0.05) is 26.0 Å². The Morgan fingerprint density at radius 2 is 2.00 bits per heavy atom. The van der Waals surface area contributed by atoms with Gasteiger partial charge in [0.1, 0.15) is 5.82 Å². The molecule has 2 aromatic rings. The van der Waals surface area contributed by atoms with Crippen LogP contribution < -0.4 is 5.32 Å². The number of guanidine groups is 1. The maximum atomic E-state index is 4.64. The molecule has 25 heavy (non-hydrogen) atoms. The van der Waals surface area contributed by atoms with Crippen molar-refractivity contribution in [2.24, 2.45) is 16.8 Å². The van der Waals surface area contributed by atoms with Crippen LogP contribution in [0.5, 0.6) is 0 Å². The second-order valence-electron chi connectivity index (χ2n) is 7.13. The molecule has 6 heteroatoms. The van der Waals surface area contributed by atoms with E-state index in [1.54, 1.807) is 0 Å². The number of aromatic amines is 1. The smallest absolute Gasteiger partial charge is 0.193 e. The first kappa shape index (κ1) is 20.0. The van der Waals surface area contributed by atoms with Crippen LogP contribution in [0.15, 0.2) is 29.3 Å². The summed E-state index contributed by atoms with van der Waals surface area (Å²) in [5.74, 6) is 3.58. The number of hydrogen-bond acceptors (Lipinski definition) is 2. The third kappa shape index (κ3) is 5.33. The van der Waals surface area contributed by atoms with Gasteiger partial charge in [0.05, 0.1) is 11.0 Å². The van der Waals surface area contributed by atoms with E-state index in [0.29, 0.717) is 0 Å². The number of halogens is 1. The van der Waals surface area contributed by atoms with Crippen molar-refractivity contribution in [2.75, 3.05) is 26.7 Å². The average Bonchev–Trinajstić information content (AvgIpc) is 2.96. The van der Waals surface area contributed by atoms with Crippen LogP contribution in [0, 0.1) is 11.8 Å². The highest BCUT2D eigenvalue weighted by Crippen LogP contribution is 2.20. The Kier molecular flexibility index (Phi) is 7.53. The fourth-order valence-corrected chi connectivity index (χ4v) is 3.75. The molecule has 0 saturated carbocycles. The summed E-state index contributed by atoms with van der Waals surface area (Å²) in [6, 6.07) is 8.19. The minimum Gasteiger partial charge on any atom is -0.356 e. The van der Waals surface area contributed by atoms with Gasteiger partial charge in [-0.3, -0.25) is 4.99 Å². The lowest BCUT2D eigenvalue weighted by Crippen LogP contribution is -2.48. The number of H-pyrrole nitrogens is 1. The van der Waals surface area contributed by atoms with E-state index in [0.717, 1.165) is 67.1 Å². The molecule has 0 radical (unpaired) electrons. The van der Waals surface area contributed by atoms with E-state index in [1.165, 1.54) is 6.42 Å². The monoisotopic (exact) mass is 455 g/mol. The molecule has 0 aliphatic carbocycles. The number of hydrogen-bond donors (Lipinski definition) is 2. The Bertz CT molecular complexity index is 653. The normalized spacial score (nSPS) is 21.2. The van der Waals surface area contributed by atoms with Gasteiger partial charge in [-0.2, -0.15) is 0 Å². The fourth-order valence-electron chi connectivity index (χ4n) is 3.75. The van der Waals surface area contributed by atoms with Gasteiger partial charge >= 0.3 is 0 Å². The summed E-state index contributed by atoms with van der Waals surface area (Å²) in [5, 5.41) is 3.52. The van der Waals surface area contributed by atoms with Crippen molar-refractivity contribution in [1.29, 1.82) is 0 Å². The molecule has 2 heterocycles. The molecule has 1 fully saturated rings. The van der Waals surface area contributed by atoms with Crippen molar-refractivity contribution < 1.29 is 0 Å². The quantitative estimate of drug-likeness (QED) is 0.320. The zero-order valence-corrected chi connectivity index (χ0v) is 17.8. The molecule has 0 bridgehead atoms. The molecular formula is C19H30IN5. The number of fused-ring (bicyclic) bond motifs is 1. The van der Waals surface area contributed by atoms with E-state index in [2.05, 4.69) is 45.1 Å². The van der Waals surface area contributed by atoms with Gasteiger partial charge in [0.2, 0.25) is 0 Å². The van der Waals surface area contributed by atoms with Crippen LogP contribution in [0.3, 0.4) is 0 Å². The van der Waals surface area contributed by atoms with Gasteiger partial charge in [0.15, 0.2) is 5.96 Å². The van der Waals surface area contributed by atoms with Crippen molar-refractivity contribution in [3.05, 3.63) is 30.1 Å². The molecule has 1 aliphatic heterocycles. The number of imidazole rings is 1. The number of aryl methyl sites for hydroxylation is 1. The van der Waals surface area contributed by atoms with Gasteiger partial charge in [0.25, 0.3) is 0 Å². The number of likely N-dealkylation sites (tertiary alicyclic amines) is 1. The number of aromatic nitrogens is 2. The third-order valence-electron chi connectivity index (χ3n) is 4.69. The van der Waals surface area contributed by atoms with Crippen molar-refractivity contribution in [1.82, 2.24) is 20.2 Å². The minimum absolute atomic E-state index is 0. The van der Waals surface area contributed by atoms with Crippen molar-refractivity contribution in [3.63, 3.8) is 0 Å². The van der Waals surface area contributed by atoms with Crippen molar-refractivity contribution >= 4 is 41.0 Å². The maximum Gasteiger partial charge on any atom is 0.193 e. The van der Waals surface area contributed by atoms with Crippen molar-refractivity contribution in [2.45, 2.75) is 33.1 Å². The van der Waals surface area contributed by atoms with Crippen LogP contribution in [0.2, 0.25) is 0 Å². The molecule has 0 amide bonds. The molecular weight excluding hydrogens is 425 g/mol. The zero-order valence-electron chi connectivity index (χ0n) is 15.5. The summed E-state index contributed by atoms with van der Waals surface area (Å²) in [7, 11) is 1.88. The highest BCUT2D eigenvalue weighted by atomic mass is 127. The Hall–Kier alpha value is -1.31. The number of aliphatic imine (C=N–C) groups is 1. The van der Waals surface area contributed by atoms with Crippen LogP contribution in [-0.4, -0.2) is 47.5 Å². The van der Waals surface area contributed by atoms with E-state index >= 15 is 0 Å². The van der Waals surface area contributed by atoms with Gasteiger partial charge in [0, 0.05) is 33.1 Å². The molecule has 2 atom stereocenters. The highest BCUT2D eigenvalue weighted by molar-refractivity contribution is 14.0. The van der Waals surface area contributed by atoms with E-state index in [9.17, 15) is 0 Å². The maximum absolute atomic E-state index is 4.64. The Morgan fingerprint density at radius 3 is 2.68 bits per heavy atom. The first-order valence-electron chi connectivity index (χ1n) is 9.05. The SMILES string of the molecule is CN=C(NCCCc1nc2ccccc2[nH]1)N1CC(C)CC(C)C1.I. The second kappa shape index (κ2) is 9.40. The summed E-state index contributed by atoms with van der Waals surface area (Å²) >= 11 is 0.